The fraction of sp³-hybridized carbons (Fsp3) is 0.556. The molecule has 0 amide bonds. The standard InChI is InChI=1S/C27H40NO2/c1-23(2)21-25-13-15-26(16-14-25)24(3)22-27(29)30-20-12-7-5-4-6-9-17-28-18-10-8-11-19-28/h8,10-11,13-16,18-19,23-24H,4-7,9,12,17,20-22H2,1-3H3/q+1/t24-/m1/s1. The molecule has 3 heteroatoms. The first-order chi connectivity index (χ1) is 14.5. The molecule has 0 aliphatic heterocycles. The van der Waals surface area contributed by atoms with Crippen molar-refractivity contribution < 1.29 is 14.1 Å². The largest absolute Gasteiger partial charge is 0.466 e. The molecule has 1 aromatic heterocycles. The monoisotopic (exact) mass is 410 g/mol. The Morgan fingerprint density at radius 3 is 2.17 bits per heavy atom. The third-order valence-electron chi connectivity index (χ3n) is 5.52. The fourth-order valence-electron chi connectivity index (χ4n) is 3.75. The van der Waals surface area contributed by atoms with Gasteiger partial charge in [-0.15, -0.1) is 0 Å². The van der Waals surface area contributed by atoms with E-state index >= 15 is 0 Å². The second-order valence-electron chi connectivity index (χ2n) is 8.90. The Morgan fingerprint density at radius 2 is 1.50 bits per heavy atom. The number of aromatic nitrogens is 1. The highest BCUT2D eigenvalue weighted by atomic mass is 16.5. The summed E-state index contributed by atoms with van der Waals surface area (Å²) in [4.78, 5) is 12.1. The van der Waals surface area contributed by atoms with Crippen LogP contribution in [0, 0.1) is 5.92 Å². The Labute approximate surface area is 183 Å². The predicted molar refractivity (Wildman–Crippen MR) is 123 cm³/mol. The minimum absolute atomic E-state index is 0.0753. The third kappa shape index (κ3) is 10.0. The average Bonchev–Trinajstić information content (AvgIpc) is 2.73. The molecular formula is C27H40NO2+. The van der Waals surface area contributed by atoms with Gasteiger partial charge in [-0.2, -0.15) is 0 Å². The van der Waals surface area contributed by atoms with Gasteiger partial charge in [0.2, 0.25) is 0 Å². The molecule has 0 N–H and O–H groups in total. The van der Waals surface area contributed by atoms with Crippen molar-refractivity contribution in [2.45, 2.75) is 84.6 Å². The molecule has 30 heavy (non-hydrogen) atoms. The lowest BCUT2D eigenvalue weighted by Gasteiger charge is -2.13. The van der Waals surface area contributed by atoms with Crippen molar-refractivity contribution in [3.63, 3.8) is 0 Å². The van der Waals surface area contributed by atoms with Crippen LogP contribution in [-0.4, -0.2) is 12.6 Å². The van der Waals surface area contributed by atoms with Crippen LogP contribution in [-0.2, 0) is 22.5 Å². The molecule has 164 valence electrons. The van der Waals surface area contributed by atoms with Gasteiger partial charge in [0.05, 0.1) is 13.0 Å². The number of ether oxygens (including phenoxy) is 1. The van der Waals surface area contributed by atoms with E-state index < -0.39 is 0 Å². The lowest BCUT2D eigenvalue weighted by molar-refractivity contribution is -0.697. The van der Waals surface area contributed by atoms with E-state index in [2.05, 4.69) is 80.2 Å². The molecule has 1 heterocycles. The second-order valence-corrected chi connectivity index (χ2v) is 8.90. The van der Waals surface area contributed by atoms with Crippen molar-refractivity contribution in [1.29, 1.82) is 0 Å². The van der Waals surface area contributed by atoms with Crippen LogP contribution in [0.25, 0.3) is 0 Å². The SMILES string of the molecule is CC(C)Cc1ccc([C@H](C)CC(=O)OCCCCCCCC[n+]2ccccc2)cc1. The van der Waals surface area contributed by atoms with E-state index in [-0.39, 0.29) is 11.9 Å². The number of unbranched alkanes of at least 4 members (excludes halogenated alkanes) is 5. The minimum Gasteiger partial charge on any atom is -0.466 e. The van der Waals surface area contributed by atoms with Crippen molar-refractivity contribution in [2.24, 2.45) is 5.92 Å². The highest BCUT2D eigenvalue weighted by Crippen LogP contribution is 2.21. The van der Waals surface area contributed by atoms with Crippen LogP contribution in [0.2, 0.25) is 0 Å². The molecule has 0 saturated carbocycles. The van der Waals surface area contributed by atoms with Gasteiger partial charge in [-0.25, -0.2) is 4.57 Å². The number of esters is 1. The molecule has 0 fully saturated rings. The molecule has 0 unspecified atom stereocenters. The molecule has 0 spiro atoms. The van der Waals surface area contributed by atoms with E-state index in [9.17, 15) is 4.79 Å². The van der Waals surface area contributed by atoms with Gasteiger partial charge >= 0.3 is 5.97 Å². The maximum Gasteiger partial charge on any atom is 0.306 e. The molecule has 0 saturated heterocycles. The van der Waals surface area contributed by atoms with Crippen molar-refractivity contribution in [3.8, 4) is 0 Å². The Kier molecular flexibility index (Phi) is 11.2. The number of aryl methyl sites for hydroxylation is 1. The third-order valence-corrected chi connectivity index (χ3v) is 5.52. The van der Waals surface area contributed by atoms with Crippen LogP contribution in [0.3, 0.4) is 0 Å². The summed E-state index contributed by atoms with van der Waals surface area (Å²) in [5.74, 6) is 0.790. The summed E-state index contributed by atoms with van der Waals surface area (Å²) in [6, 6.07) is 14.9. The normalized spacial score (nSPS) is 12.1. The van der Waals surface area contributed by atoms with E-state index in [1.807, 2.05) is 0 Å². The van der Waals surface area contributed by atoms with Crippen molar-refractivity contribution in [3.05, 3.63) is 66.0 Å². The maximum atomic E-state index is 12.1. The smallest absolute Gasteiger partial charge is 0.306 e. The molecular weight excluding hydrogens is 370 g/mol. The molecule has 1 aromatic carbocycles. The zero-order valence-electron chi connectivity index (χ0n) is 19.2. The van der Waals surface area contributed by atoms with Gasteiger partial charge in [0.1, 0.15) is 6.54 Å². The van der Waals surface area contributed by atoms with Gasteiger partial charge in [-0.1, -0.05) is 70.4 Å². The maximum absolute atomic E-state index is 12.1. The Bertz CT molecular complexity index is 709. The first kappa shape index (κ1) is 24.1. The van der Waals surface area contributed by atoms with Gasteiger partial charge in [0, 0.05) is 18.6 Å². The van der Waals surface area contributed by atoms with Gasteiger partial charge in [-0.05, 0) is 42.2 Å². The second kappa shape index (κ2) is 14.0. The summed E-state index contributed by atoms with van der Waals surface area (Å²) in [5, 5.41) is 0. The molecule has 0 aliphatic carbocycles. The molecule has 2 aromatic rings. The van der Waals surface area contributed by atoms with E-state index in [0.29, 0.717) is 18.9 Å². The Morgan fingerprint density at radius 1 is 0.867 bits per heavy atom. The molecule has 0 aliphatic rings. The Balaban J connectivity index is 1.49. The topological polar surface area (TPSA) is 30.2 Å². The van der Waals surface area contributed by atoms with E-state index in [1.165, 1.54) is 36.8 Å². The number of hydrogen-bond acceptors (Lipinski definition) is 2. The fourth-order valence-corrected chi connectivity index (χ4v) is 3.75. The zero-order chi connectivity index (χ0) is 21.6. The summed E-state index contributed by atoms with van der Waals surface area (Å²) in [5.41, 5.74) is 2.58. The van der Waals surface area contributed by atoms with E-state index in [4.69, 9.17) is 4.74 Å². The highest BCUT2D eigenvalue weighted by Gasteiger charge is 2.12. The Hall–Kier alpha value is -2.16. The minimum atomic E-state index is -0.0753. The van der Waals surface area contributed by atoms with Crippen LogP contribution in [0.15, 0.2) is 54.9 Å². The lowest BCUT2D eigenvalue weighted by atomic mass is 9.95. The molecule has 2 rings (SSSR count). The van der Waals surface area contributed by atoms with Crippen LogP contribution >= 0.6 is 0 Å². The molecule has 1 atom stereocenters. The van der Waals surface area contributed by atoms with Crippen molar-refractivity contribution >= 4 is 5.97 Å². The summed E-state index contributed by atoms with van der Waals surface area (Å²) in [7, 11) is 0. The number of pyridine rings is 1. The van der Waals surface area contributed by atoms with Crippen LogP contribution in [0.4, 0.5) is 0 Å². The number of benzene rings is 1. The number of carbonyl (C=O) groups is 1. The first-order valence-corrected chi connectivity index (χ1v) is 11.7. The zero-order valence-corrected chi connectivity index (χ0v) is 19.2. The first-order valence-electron chi connectivity index (χ1n) is 11.7. The predicted octanol–water partition coefficient (Wildman–Crippen LogP) is 6.25. The number of nitrogens with zero attached hydrogens (tertiary/aromatic N) is 1. The summed E-state index contributed by atoms with van der Waals surface area (Å²) >= 11 is 0. The van der Waals surface area contributed by atoms with Gasteiger partial charge in [0.25, 0.3) is 0 Å². The van der Waals surface area contributed by atoms with Crippen LogP contribution < -0.4 is 4.57 Å². The average molecular weight is 411 g/mol. The number of carbonyl (C=O) groups excluding carboxylic acids is 1. The van der Waals surface area contributed by atoms with Crippen LogP contribution in [0.5, 0.6) is 0 Å². The van der Waals surface area contributed by atoms with E-state index in [0.717, 1.165) is 25.8 Å². The van der Waals surface area contributed by atoms with Gasteiger partial charge in [-0.3, -0.25) is 4.79 Å². The van der Waals surface area contributed by atoms with Gasteiger partial charge < -0.3 is 4.74 Å². The van der Waals surface area contributed by atoms with Crippen molar-refractivity contribution in [1.82, 2.24) is 0 Å². The number of hydrogen-bond donors (Lipinski definition) is 0. The highest BCUT2D eigenvalue weighted by molar-refractivity contribution is 5.70. The van der Waals surface area contributed by atoms with Crippen molar-refractivity contribution in [2.75, 3.05) is 6.61 Å². The number of rotatable bonds is 14. The summed E-state index contributed by atoms with van der Waals surface area (Å²) in [6.45, 7) is 8.22. The summed E-state index contributed by atoms with van der Waals surface area (Å²) < 4.78 is 7.69. The molecule has 3 nitrogen and oxygen atoms in total. The quantitative estimate of drug-likeness (QED) is 0.209. The molecule has 0 radical (unpaired) electrons. The lowest BCUT2D eigenvalue weighted by Crippen LogP contribution is -2.32. The van der Waals surface area contributed by atoms with Crippen LogP contribution in [0.1, 0.15) is 82.8 Å². The summed E-state index contributed by atoms with van der Waals surface area (Å²) in [6.07, 6.45) is 12.9. The van der Waals surface area contributed by atoms with E-state index in [1.54, 1.807) is 0 Å². The van der Waals surface area contributed by atoms with Gasteiger partial charge in [0.15, 0.2) is 12.4 Å². The molecule has 0 bridgehead atoms.